The summed E-state index contributed by atoms with van der Waals surface area (Å²) >= 11 is 0. The zero-order valence-corrected chi connectivity index (χ0v) is 14.3. The van der Waals surface area contributed by atoms with Gasteiger partial charge in [0.05, 0.1) is 18.9 Å². The molecule has 0 saturated carbocycles. The lowest BCUT2D eigenvalue weighted by Gasteiger charge is -2.37. The Kier molecular flexibility index (Phi) is 3.40. The Balaban J connectivity index is 1.38. The highest BCUT2D eigenvalue weighted by atomic mass is 16.7. The topological polar surface area (TPSA) is 59.1 Å². The minimum atomic E-state index is -0.457. The average molecular weight is 342 g/mol. The second kappa shape index (κ2) is 5.54. The van der Waals surface area contributed by atoms with Gasteiger partial charge in [-0.15, -0.1) is 0 Å². The van der Waals surface area contributed by atoms with Crippen LogP contribution in [0.3, 0.4) is 0 Å². The molecule has 0 radical (unpaired) electrons. The third-order valence-electron chi connectivity index (χ3n) is 5.92. The molecule has 0 unspecified atom stereocenters. The molecule has 132 valence electrons. The van der Waals surface area contributed by atoms with E-state index >= 15 is 0 Å². The molecule has 2 amide bonds. The van der Waals surface area contributed by atoms with Crippen LogP contribution in [0.15, 0.2) is 12.1 Å². The number of likely N-dealkylation sites (tertiary alicyclic amines) is 1. The summed E-state index contributed by atoms with van der Waals surface area (Å²) in [5.41, 5.74) is 4.12. The Bertz CT molecular complexity index is 744. The van der Waals surface area contributed by atoms with Crippen LogP contribution in [0, 0.1) is 0 Å². The number of nitrogens with zero attached hydrogens (tertiary/aromatic N) is 2. The van der Waals surface area contributed by atoms with Crippen molar-refractivity contribution >= 4 is 17.5 Å². The van der Waals surface area contributed by atoms with E-state index in [2.05, 4.69) is 0 Å². The number of aryl methyl sites for hydroxylation is 1. The summed E-state index contributed by atoms with van der Waals surface area (Å²) in [5.74, 6) is -0.160. The summed E-state index contributed by atoms with van der Waals surface area (Å²) in [4.78, 5) is 28.8. The van der Waals surface area contributed by atoms with Crippen molar-refractivity contribution in [3.8, 4) is 0 Å². The maximum absolute atomic E-state index is 13.0. The Morgan fingerprint density at radius 1 is 0.960 bits per heavy atom. The van der Waals surface area contributed by atoms with Crippen LogP contribution in [0.5, 0.6) is 0 Å². The Morgan fingerprint density at radius 2 is 1.64 bits per heavy atom. The van der Waals surface area contributed by atoms with E-state index in [4.69, 9.17) is 9.47 Å². The maximum atomic E-state index is 13.0. The summed E-state index contributed by atoms with van der Waals surface area (Å²) in [6.45, 7) is 3.38. The van der Waals surface area contributed by atoms with Gasteiger partial charge in [0.25, 0.3) is 5.91 Å². The normalized spacial score (nSPS) is 24.1. The smallest absolute Gasteiger partial charge is 0.253 e. The fourth-order valence-electron chi connectivity index (χ4n) is 4.60. The largest absolute Gasteiger partial charge is 0.347 e. The van der Waals surface area contributed by atoms with E-state index in [9.17, 15) is 9.59 Å². The zero-order valence-electron chi connectivity index (χ0n) is 14.3. The lowest BCUT2D eigenvalue weighted by molar-refractivity contribution is -0.181. The molecule has 0 aliphatic carbocycles. The van der Waals surface area contributed by atoms with Crippen LogP contribution in [0.2, 0.25) is 0 Å². The molecule has 0 N–H and O–H groups in total. The van der Waals surface area contributed by atoms with Gasteiger partial charge in [-0.2, -0.15) is 0 Å². The van der Waals surface area contributed by atoms with Crippen molar-refractivity contribution in [3.05, 3.63) is 28.8 Å². The molecule has 6 nitrogen and oxygen atoms in total. The van der Waals surface area contributed by atoms with Crippen molar-refractivity contribution in [2.45, 2.75) is 37.9 Å². The van der Waals surface area contributed by atoms with Crippen LogP contribution < -0.4 is 4.90 Å². The number of carbonyl (C=O) groups is 2. The van der Waals surface area contributed by atoms with Crippen molar-refractivity contribution in [1.29, 1.82) is 0 Å². The van der Waals surface area contributed by atoms with Gasteiger partial charge in [-0.3, -0.25) is 9.59 Å². The molecule has 2 fully saturated rings. The average Bonchev–Trinajstić information content (AvgIpc) is 3.26. The number of hydrogen-bond acceptors (Lipinski definition) is 4. The summed E-state index contributed by atoms with van der Waals surface area (Å²) in [6, 6.07) is 3.99. The Morgan fingerprint density at radius 3 is 2.36 bits per heavy atom. The molecule has 6 heteroatoms. The first-order valence-electron chi connectivity index (χ1n) is 9.19. The summed E-state index contributed by atoms with van der Waals surface area (Å²) in [5, 5.41) is 0. The van der Waals surface area contributed by atoms with Crippen molar-refractivity contribution < 1.29 is 19.1 Å². The standard InChI is InChI=1S/C19H22N2O4/c22-16-2-1-13-11-15(12-14-3-6-21(16)17(13)14)18(23)20-7-4-19(5-8-20)24-9-10-25-19/h11-12H,1-10H2. The molecule has 0 bridgehead atoms. The van der Waals surface area contributed by atoms with E-state index in [-0.39, 0.29) is 11.8 Å². The lowest BCUT2D eigenvalue weighted by atomic mass is 9.95. The second-order valence-corrected chi connectivity index (χ2v) is 7.34. The molecule has 1 spiro atoms. The zero-order chi connectivity index (χ0) is 17.0. The van der Waals surface area contributed by atoms with Crippen LogP contribution in [0.1, 0.15) is 40.7 Å². The highest BCUT2D eigenvalue weighted by Crippen LogP contribution is 2.38. The van der Waals surface area contributed by atoms with Crippen LogP contribution in [-0.2, 0) is 27.1 Å². The second-order valence-electron chi connectivity index (χ2n) is 7.34. The molecule has 1 aromatic rings. The number of piperidine rings is 1. The van der Waals surface area contributed by atoms with Crippen molar-refractivity contribution in [1.82, 2.24) is 4.90 Å². The monoisotopic (exact) mass is 342 g/mol. The first kappa shape index (κ1) is 15.3. The Labute approximate surface area is 146 Å². The first-order chi connectivity index (χ1) is 12.2. The summed E-state index contributed by atoms with van der Waals surface area (Å²) < 4.78 is 11.5. The number of carbonyl (C=O) groups excluding carboxylic acids is 2. The number of hydrogen-bond donors (Lipinski definition) is 0. The number of anilines is 1. The van der Waals surface area contributed by atoms with Gasteiger partial charge in [0, 0.05) is 44.5 Å². The predicted octanol–water partition coefficient (Wildman–Crippen LogP) is 1.50. The van der Waals surface area contributed by atoms with Crippen LogP contribution in [-0.4, -0.2) is 55.3 Å². The maximum Gasteiger partial charge on any atom is 0.253 e. The molecule has 4 aliphatic heterocycles. The van der Waals surface area contributed by atoms with Crippen molar-refractivity contribution in [3.63, 3.8) is 0 Å². The fourth-order valence-corrected chi connectivity index (χ4v) is 4.60. The SMILES string of the molecule is O=C(c1cc2c3c(c1)CCN3C(=O)CC2)N1CCC2(CC1)OCCO2. The van der Waals surface area contributed by atoms with Gasteiger partial charge < -0.3 is 19.3 Å². The van der Waals surface area contributed by atoms with E-state index in [0.717, 1.165) is 54.6 Å². The molecule has 5 rings (SSSR count). The van der Waals surface area contributed by atoms with Gasteiger partial charge in [-0.1, -0.05) is 0 Å². The van der Waals surface area contributed by atoms with Gasteiger partial charge in [0.1, 0.15) is 0 Å². The number of ether oxygens (including phenoxy) is 2. The predicted molar refractivity (Wildman–Crippen MR) is 90.6 cm³/mol. The quantitative estimate of drug-likeness (QED) is 0.776. The molecular weight excluding hydrogens is 320 g/mol. The van der Waals surface area contributed by atoms with Crippen LogP contribution >= 0.6 is 0 Å². The molecule has 2 saturated heterocycles. The van der Waals surface area contributed by atoms with Gasteiger partial charge in [0.15, 0.2) is 5.79 Å². The third kappa shape index (κ3) is 2.39. The minimum absolute atomic E-state index is 0.0854. The molecular formula is C19H22N2O4. The molecule has 4 aliphatic rings. The molecule has 0 atom stereocenters. The molecule has 25 heavy (non-hydrogen) atoms. The van der Waals surface area contributed by atoms with Gasteiger partial charge in [-0.25, -0.2) is 0 Å². The van der Waals surface area contributed by atoms with Crippen molar-refractivity contribution in [2.75, 3.05) is 37.7 Å². The lowest BCUT2D eigenvalue weighted by Crippen LogP contribution is -2.47. The van der Waals surface area contributed by atoms with Crippen LogP contribution in [0.25, 0.3) is 0 Å². The van der Waals surface area contributed by atoms with E-state index in [1.807, 2.05) is 21.9 Å². The Hall–Kier alpha value is -1.92. The van der Waals surface area contributed by atoms with E-state index in [1.54, 1.807) is 0 Å². The van der Waals surface area contributed by atoms with Gasteiger partial charge >= 0.3 is 0 Å². The highest BCUT2D eigenvalue weighted by Gasteiger charge is 2.41. The third-order valence-corrected chi connectivity index (χ3v) is 5.92. The number of rotatable bonds is 1. The summed E-state index contributed by atoms with van der Waals surface area (Å²) in [7, 11) is 0. The fraction of sp³-hybridized carbons (Fsp3) is 0.579. The van der Waals surface area contributed by atoms with Crippen molar-refractivity contribution in [2.24, 2.45) is 0 Å². The summed E-state index contributed by atoms with van der Waals surface area (Å²) in [6.07, 6.45) is 3.60. The molecule has 4 heterocycles. The minimum Gasteiger partial charge on any atom is -0.347 e. The molecule has 0 aromatic heterocycles. The molecule has 1 aromatic carbocycles. The van der Waals surface area contributed by atoms with Gasteiger partial charge in [0.2, 0.25) is 5.91 Å². The number of benzene rings is 1. The van der Waals surface area contributed by atoms with E-state index < -0.39 is 5.79 Å². The van der Waals surface area contributed by atoms with E-state index in [1.165, 1.54) is 0 Å². The van der Waals surface area contributed by atoms with Gasteiger partial charge in [-0.05, 0) is 36.1 Å². The van der Waals surface area contributed by atoms with Crippen LogP contribution in [0.4, 0.5) is 5.69 Å². The highest BCUT2D eigenvalue weighted by molar-refractivity contribution is 6.01. The van der Waals surface area contributed by atoms with E-state index in [0.29, 0.717) is 32.7 Å². The first-order valence-corrected chi connectivity index (χ1v) is 9.19. The number of amides is 2.